The summed E-state index contributed by atoms with van der Waals surface area (Å²) in [4.78, 5) is 21.7. The van der Waals surface area contributed by atoms with E-state index in [4.69, 9.17) is 14.5 Å². The van der Waals surface area contributed by atoms with Crippen LogP contribution in [0.25, 0.3) is 0 Å². The monoisotopic (exact) mass is 350 g/mol. The van der Waals surface area contributed by atoms with E-state index in [1.165, 1.54) is 24.8 Å². The van der Waals surface area contributed by atoms with Crippen LogP contribution in [-0.4, -0.2) is 25.8 Å². The number of ether oxygens (including phenoxy) is 1. The van der Waals surface area contributed by atoms with Gasteiger partial charge >= 0.3 is 5.97 Å². The summed E-state index contributed by atoms with van der Waals surface area (Å²) in [6.07, 6.45) is 8.15. The van der Waals surface area contributed by atoms with Crippen molar-refractivity contribution in [2.45, 2.75) is 65.7 Å². The zero-order valence-corrected chi connectivity index (χ0v) is 16.1. The number of rotatable bonds is 14. The molecule has 0 spiro atoms. The first-order valence-corrected chi connectivity index (χ1v) is 9.71. The van der Waals surface area contributed by atoms with Crippen molar-refractivity contribution in [2.24, 2.45) is 5.92 Å². The third kappa shape index (κ3) is 9.61. The Kier molecular flexibility index (Phi) is 12.0. The van der Waals surface area contributed by atoms with Gasteiger partial charge < -0.3 is 4.74 Å². The number of unbranched alkanes of at least 4 members (excludes halogenated alkanes) is 2. The summed E-state index contributed by atoms with van der Waals surface area (Å²) in [5.74, 6) is 0.144. The van der Waals surface area contributed by atoms with Gasteiger partial charge in [0.1, 0.15) is 6.61 Å². The molecule has 4 heteroatoms. The van der Waals surface area contributed by atoms with E-state index in [-0.39, 0.29) is 6.61 Å². The lowest BCUT2D eigenvalue weighted by Gasteiger charge is -2.14. The summed E-state index contributed by atoms with van der Waals surface area (Å²) in [6.45, 7) is 7.99. The van der Waals surface area contributed by atoms with E-state index in [9.17, 15) is 4.79 Å². The highest BCUT2D eigenvalue weighted by atomic mass is 17.2. The number of hydrogen-bond donors (Lipinski definition) is 0. The molecular formula is C21H34O4. The molecule has 0 radical (unpaired) electrons. The highest BCUT2D eigenvalue weighted by Crippen LogP contribution is 2.13. The van der Waals surface area contributed by atoms with Gasteiger partial charge in [-0.2, -0.15) is 4.89 Å². The van der Waals surface area contributed by atoms with Gasteiger partial charge in [-0.15, -0.1) is 0 Å². The van der Waals surface area contributed by atoms with E-state index in [2.05, 4.69) is 20.8 Å². The van der Waals surface area contributed by atoms with Crippen LogP contribution < -0.4 is 0 Å². The average molecular weight is 350 g/mol. The molecule has 0 bridgehead atoms. The van der Waals surface area contributed by atoms with Crippen LogP contribution in [-0.2, 0) is 20.9 Å². The summed E-state index contributed by atoms with van der Waals surface area (Å²) in [6, 6.07) is 7.51. The molecule has 0 N–H and O–H groups in total. The largest absolute Gasteiger partial charge is 0.379 e. The molecule has 0 saturated carbocycles. The fraction of sp³-hybridized carbons (Fsp3) is 0.667. The van der Waals surface area contributed by atoms with Gasteiger partial charge in [-0.25, -0.2) is 4.79 Å². The molecule has 4 nitrogen and oxygen atoms in total. The van der Waals surface area contributed by atoms with Gasteiger partial charge in [-0.3, -0.25) is 4.89 Å². The maximum atomic E-state index is 11.9. The van der Waals surface area contributed by atoms with Gasteiger partial charge in [0.2, 0.25) is 0 Å². The fourth-order valence-corrected chi connectivity index (χ4v) is 2.57. The molecule has 0 heterocycles. The van der Waals surface area contributed by atoms with Crippen molar-refractivity contribution in [3.8, 4) is 0 Å². The Balaban J connectivity index is 2.15. The van der Waals surface area contributed by atoms with Crippen LogP contribution in [0.4, 0.5) is 0 Å². The maximum absolute atomic E-state index is 11.9. The number of aryl methyl sites for hydroxylation is 1. The second-order valence-electron chi connectivity index (χ2n) is 6.48. The van der Waals surface area contributed by atoms with Gasteiger partial charge in [0, 0.05) is 6.61 Å². The van der Waals surface area contributed by atoms with Gasteiger partial charge in [0.15, 0.2) is 0 Å². The Morgan fingerprint density at radius 3 is 2.36 bits per heavy atom. The molecule has 1 atom stereocenters. The van der Waals surface area contributed by atoms with Crippen LogP contribution >= 0.6 is 0 Å². The van der Waals surface area contributed by atoms with Crippen molar-refractivity contribution < 1.29 is 19.3 Å². The van der Waals surface area contributed by atoms with Crippen molar-refractivity contribution in [2.75, 3.05) is 19.8 Å². The van der Waals surface area contributed by atoms with Gasteiger partial charge in [-0.1, -0.05) is 58.6 Å². The third-order valence-electron chi connectivity index (χ3n) is 4.35. The molecule has 25 heavy (non-hydrogen) atoms. The van der Waals surface area contributed by atoms with Crippen LogP contribution in [0.3, 0.4) is 0 Å². The van der Waals surface area contributed by atoms with E-state index < -0.39 is 5.97 Å². The Morgan fingerprint density at radius 2 is 1.72 bits per heavy atom. The summed E-state index contributed by atoms with van der Waals surface area (Å²) in [7, 11) is 0. The predicted octanol–water partition coefficient (Wildman–Crippen LogP) is 5.35. The topological polar surface area (TPSA) is 44.8 Å². The maximum Gasteiger partial charge on any atom is 0.373 e. The summed E-state index contributed by atoms with van der Waals surface area (Å²) < 4.78 is 5.61. The van der Waals surface area contributed by atoms with Crippen molar-refractivity contribution in [1.29, 1.82) is 0 Å². The zero-order valence-electron chi connectivity index (χ0n) is 16.1. The fourth-order valence-electron chi connectivity index (χ4n) is 2.57. The zero-order chi connectivity index (χ0) is 18.3. The van der Waals surface area contributed by atoms with E-state index in [0.29, 0.717) is 18.1 Å². The lowest BCUT2D eigenvalue weighted by atomic mass is 10.0. The quantitative estimate of drug-likeness (QED) is 0.258. The van der Waals surface area contributed by atoms with Crippen molar-refractivity contribution in [3.05, 3.63) is 35.4 Å². The van der Waals surface area contributed by atoms with Gasteiger partial charge in [0.05, 0.1) is 12.2 Å². The van der Waals surface area contributed by atoms with Crippen LogP contribution in [0.15, 0.2) is 24.3 Å². The molecule has 0 amide bonds. The molecule has 0 aliphatic carbocycles. The van der Waals surface area contributed by atoms with Crippen LogP contribution in [0.5, 0.6) is 0 Å². The smallest absolute Gasteiger partial charge is 0.373 e. The van der Waals surface area contributed by atoms with E-state index >= 15 is 0 Å². The Labute approximate surface area is 152 Å². The number of carbonyl (C=O) groups excluding carboxylic acids is 1. The summed E-state index contributed by atoms with van der Waals surface area (Å²) >= 11 is 0. The molecule has 0 saturated heterocycles. The van der Waals surface area contributed by atoms with Gasteiger partial charge in [0.25, 0.3) is 0 Å². The normalized spacial score (nSPS) is 12.1. The number of carbonyl (C=O) groups is 1. The minimum absolute atomic E-state index is 0.254. The first-order valence-electron chi connectivity index (χ1n) is 9.71. The molecule has 0 aliphatic rings. The van der Waals surface area contributed by atoms with E-state index in [1.54, 1.807) is 12.1 Å². The molecule has 142 valence electrons. The highest BCUT2D eigenvalue weighted by molar-refractivity contribution is 5.88. The highest BCUT2D eigenvalue weighted by Gasteiger charge is 2.09. The number of hydrogen-bond acceptors (Lipinski definition) is 4. The first kappa shape index (κ1) is 21.7. The molecule has 1 rings (SSSR count). The van der Waals surface area contributed by atoms with Gasteiger partial charge in [-0.05, 0) is 42.9 Å². The second-order valence-corrected chi connectivity index (χ2v) is 6.48. The molecule has 1 aromatic rings. The van der Waals surface area contributed by atoms with Crippen LogP contribution in [0, 0.1) is 5.92 Å². The Bertz CT molecular complexity index is 455. The average Bonchev–Trinajstić information content (AvgIpc) is 2.65. The molecule has 0 aromatic heterocycles. The second kappa shape index (κ2) is 13.9. The predicted molar refractivity (Wildman–Crippen MR) is 101 cm³/mol. The Morgan fingerprint density at radius 1 is 1.00 bits per heavy atom. The molecule has 1 unspecified atom stereocenters. The van der Waals surface area contributed by atoms with Crippen LogP contribution in [0.1, 0.15) is 75.2 Å². The SMILES string of the molecule is CCCCc1ccc(C(=O)OOCCOCC(CC)CCCC)cc1. The number of benzene rings is 1. The lowest BCUT2D eigenvalue weighted by Crippen LogP contribution is -2.14. The standard InChI is InChI=1S/C21H34O4/c1-4-7-9-18(6-3)17-23-15-16-24-25-21(22)20-13-11-19(12-14-20)10-8-5-2/h11-14,18H,4-10,15-17H2,1-3H3. The third-order valence-corrected chi connectivity index (χ3v) is 4.35. The summed E-state index contributed by atoms with van der Waals surface area (Å²) in [5, 5.41) is 0. The van der Waals surface area contributed by atoms with E-state index in [1.807, 2.05) is 12.1 Å². The molecular weight excluding hydrogens is 316 g/mol. The molecule has 0 fully saturated rings. The molecule has 0 aliphatic heterocycles. The van der Waals surface area contributed by atoms with Crippen molar-refractivity contribution >= 4 is 5.97 Å². The lowest BCUT2D eigenvalue weighted by molar-refractivity contribution is -0.247. The molecule has 1 aromatic carbocycles. The van der Waals surface area contributed by atoms with E-state index in [0.717, 1.165) is 32.3 Å². The van der Waals surface area contributed by atoms with Crippen molar-refractivity contribution in [1.82, 2.24) is 0 Å². The van der Waals surface area contributed by atoms with Crippen molar-refractivity contribution in [3.63, 3.8) is 0 Å². The minimum atomic E-state index is -0.462. The first-order chi connectivity index (χ1) is 12.2. The minimum Gasteiger partial charge on any atom is -0.379 e. The Hall–Kier alpha value is -1.39. The van der Waals surface area contributed by atoms with Crippen LogP contribution in [0.2, 0.25) is 0 Å². The summed E-state index contributed by atoms with van der Waals surface area (Å²) in [5.41, 5.74) is 1.74.